The van der Waals surface area contributed by atoms with E-state index in [1.807, 2.05) is 19.2 Å². The highest BCUT2D eigenvalue weighted by Gasteiger charge is 2.70. The molecule has 0 saturated heterocycles. The Labute approximate surface area is 233 Å². The van der Waals surface area contributed by atoms with Crippen molar-refractivity contribution in [2.24, 2.45) is 51.9 Å². The van der Waals surface area contributed by atoms with Gasteiger partial charge in [-0.05, 0) is 89.7 Å². The molecule has 1 N–H and O–H groups in total. The molecule has 5 aliphatic carbocycles. The van der Waals surface area contributed by atoms with Gasteiger partial charge in [-0.2, -0.15) is 10.1 Å². The molecule has 8 atom stereocenters. The second-order valence-electron chi connectivity index (χ2n) is 15.7. The lowest BCUT2D eigenvalue weighted by molar-refractivity contribution is -0.161. The second kappa shape index (κ2) is 7.90. The molecule has 0 amide bonds. The van der Waals surface area contributed by atoms with Crippen LogP contribution >= 0.6 is 0 Å². The normalized spacial score (nSPS) is 46.0. The van der Waals surface area contributed by atoms with Crippen LogP contribution in [0.25, 0.3) is 0 Å². The first-order valence-electron chi connectivity index (χ1n) is 14.9. The first-order valence-corrected chi connectivity index (χ1v) is 14.9. The molecule has 1 unspecified atom stereocenters. The molecule has 0 bridgehead atoms. The van der Waals surface area contributed by atoms with Crippen LogP contribution in [0.15, 0.2) is 23.3 Å². The van der Waals surface area contributed by atoms with E-state index in [0.717, 1.165) is 50.8 Å². The molecule has 6 rings (SSSR count). The van der Waals surface area contributed by atoms with E-state index in [1.165, 1.54) is 5.57 Å². The lowest BCUT2D eigenvalue weighted by Crippen LogP contribution is -2.65. The average Bonchev–Trinajstić information content (AvgIpc) is 3.29. The number of nitriles is 1. The molecule has 1 aromatic rings. The number of rotatable bonds is 1. The predicted molar refractivity (Wildman–Crippen MR) is 148 cm³/mol. The van der Waals surface area contributed by atoms with Crippen LogP contribution in [0, 0.1) is 56.2 Å². The molecule has 210 valence electrons. The third-order valence-electron chi connectivity index (χ3n) is 13.0. The molecule has 0 spiro atoms. The standard InChI is InChI=1S/C32H45N5O2/c1-27(2)11-13-32(26-34-36-37(8)35-26)14-12-31(7)24(20(32)17-27)21(38)15-23-29(5)16-19(18-33)25(39)28(3,4)22(29)9-10-30(23,31)6/h15-16,20,22,24-25,39H,9-14,17H2,1-8H3/t20-,22-,24-,25?,29-,30+,31+,32-/m0/s1. The van der Waals surface area contributed by atoms with Gasteiger partial charge in [0.2, 0.25) is 0 Å². The van der Waals surface area contributed by atoms with Crippen LogP contribution in [0.5, 0.6) is 0 Å². The number of fused-ring (bicyclic) bond motifs is 7. The van der Waals surface area contributed by atoms with Gasteiger partial charge in [0.25, 0.3) is 0 Å². The summed E-state index contributed by atoms with van der Waals surface area (Å²) in [7, 11) is 1.83. The minimum absolute atomic E-state index is 0.106. The van der Waals surface area contributed by atoms with Gasteiger partial charge in [0.15, 0.2) is 11.6 Å². The number of hydrogen-bond acceptors (Lipinski definition) is 6. The van der Waals surface area contributed by atoms with Crippen LogP contribution in [-0.4, -0.2) is 37.2 Å². The zero-order chi connectivity index (χ0) is 28.4. The Morgan fingerprint density at radius 1 is 1.05 bits per heavy atom. The lowest BCUT2D eigenvalue weighted by Gasteiger charge is -2.69. The molecule has 7 nitrogen and oxygen atoms in total. The summed E-state index contributed by atoms with van der Waals surface area (Å²) in [6.07, 6.45) is 10.2. The number of allylic oxidation sites excluding steroid dienone is 3. The molecule has 1 aromatic heterocycles. The molecule has 7 heteroatoms. The van der Waals surface area contributed by atoms with Gasteiger partial charge in [-0.3, -0.25) is 4.79 Å². The zero-order valence-corrected chi connectivity index (χ0v) is 25.0. The molecule has 1 heterocycles. The second-order valence-corrected chi connectivity index (χ2v) is 15.7. The number of aryl methyl sites for hydroxylation is 1. The van der Waals surface area contributed by atoms with Crippen molar-refractivity contribution >= 4 is 5.78 Å². The molecular formula is C32H45N5O2. The summed E-state index contributed by atoms with van der Waals surface area (Å²) in [5, 5.41) is 34.6. The summed E-state index contributed by atoms with van der Waals surface area (Å²) in [6, 6.07) is 2.30. The maximum atomic E-state index is 14.6. The highest BCUT2D eigenvalue weighted by molar-refractivity contribution is 5.95. The van der Waals surface area contributed by atoms with E-state index in [1.54, 1.807) is 4.80 Å². The fourth-order valence-corrected chi connectivity index (χ4v) is 10.7. The average molecular weight is 532 g/mol. The van der Waals surface area contributed by atoms with Crippen molar-refractivity contribution in [2.75, 3.05) is 0 Å². The fourth-order valence-electron chi connectivity index (χ4n) is 10.7. The van der Waals surface area contributed by atoms with Crippen LogP contribution in [0.2, 0.25) is 0 Å². The SMILES string of the molecule is Cn1nnc([C@]23CCC(C)(C)C[C@H]2[C@H]2C(=O)C=C4[C@@]5(C)C=C(C#N)C(O)C(C)(C)[C@@H]5CC[C@@]4(C)[C@]2(C)CC3)n1. The summed E-state index contributed by atoms with van der Waals surface area (Å²) in [6.45, 7) is 15.9. The van der Waals surface area contributed by atoms with E-state index in [4.69, 9.17) is 5.10 Å². The Morgan fingerprint density at radius 3 is 2.38 bits per heavy atom. The van der Waals surface area contributed by atoms with Crippen molar-refractivity contribution < 1.29 is 9.90 Å². The van der Waals surface area contributed by atoms with Crippen molar-refractivity contribution in [1.82, 2.24) is 20.2 Å². The largest absolute Gasteiger partial charge is 0.387 e. The Morgan fingerprint density at radius 2 is 1.74 bits per heavy atom. The fraction of sp³-hybridized carbons (Fsp3) is 0.781. The van der Waals surface area contributed by atoms with E-state index in [-0.39, 0.29) is 45.2 Å². The van der Waals surface area contributed by atoms with Gasteiger partial charge >= 0.3 is 0 Å². The molecule has 0 radical (unpaired) electrons. The van der Waals surface area contributed by atoms with Gasteiger partial charge in [0, 0.05) is 16.7 Å². The molecule has 0 aromatic carbocycles. The van der Waals surface area contributed by atoms with Crippen molar-refractivity contribution in [2.45, 2.75) is 105 Å². The number of nitrogens with zero attached hydrogens (tertiary/aromatic N) is 5. The lowest BCUT2D eigenvalue weighted by atomic mass is 9.34. The number of carbonyl (C=O) groups is 1. The Kier molecular flexibility index (Phi) is 5.44. The summed E-state index contributed by atoms with van der Waals surface area (Å²) >= 11 is 0. The third kappa shape index (κ3) is 3.24. The molecule has 3 fully saturated rings. The smallest absolute Gasteiger partial charge is 0.181 e. The first-order chi connectivity index (χ1) is 18.1. The molecular weight excluding hydrogens is 486 g/mol. The van der Waals surface area contributed by atoms with E-state index < -0.39 is 16.9 Å². The van der Waals surface area contributed by atoms with Crippen LogP contribution in [0.4, 0.5) is 0 Å². The summed E-state index contributed by atoms with van der Waals surface area (Å²) in [4.78, 5) is 16.2. The summed E-state index contributed by atoms with van der Waals surface area (Å²) < 4.78 is 0. The Hall–Kier alpha value is -2.33. The van der Waals surface area contributed by atoms with Gasteiger partial charge < -0.3 is 5.11 Å². The van der Waals surface area contributed by atoms with Crippen LogP contribution < -0.4 is 0 Å². The molecule has 5 aliphatic rings. The van der Waals surface area contributed by atoms with Crippen molar-refractivity contribution in [3.05, 3.63) is 29.1 Å². The number of carbonyl (C=O) groups excluding carboxylic acids is 1. The van der Waals surface area contributed by atoms with Gasteiger partial charge in [-0.1, -0.05) is 60.1 Å². The van der Waals surface area contributed by atoms with Gasteiger partial charge in [0.05, 0.1) is 24.8 Å². The minimum atomic E-state index is -0.785. The quantitative estimate of drug-likeness (QED) is 0.515. The summed E-state index contributed by atoms with van der Waals surface area (Å²) in [5.74, 6) is 1.26. The Bertz CT molecular complexity index is 1350. The number of aliphatic hydroxyl groups excluding tert-OH is 1. The zero-order valence-electron chi connectivity index (χ0n) is 25.0. The van der Waals surface area contributed by atoms with Crippen LogP contribution in [0.1, 0.15) is 99.2 Å². The minimum Gasteiger partial charge on any atom is -0.387 e. The monoisotopic (exact) mass is 531 g/mol. The predicted octanol–water partition coefficient (Wildman–Crippen LogP) is 5.47. The van der Waals surface area contributed by atoms with E-state index in [2.05, 4.69) is 64.8 Å². The Balaban J connectivity index is 1.53. The first kappa shape index (κ1) is 26.9. The van der Waals surface area contributed by atoms with Crippen LogP contribution in [0.3, 0.4) is 0 Å². The maximum Gasteiger partial charge on any atom is 0.181 e. The number of ketones is 1. The van der Waals surface area contributed by atoms with E-state index in [9.17, 15) is 15.2 Å². The number of aromatic nitrogens is 4. The van der Waals surface area contributed by atoms with Gasteiger partial charge in [-0.25, -0.2) is 0 Å². The van der Waals surface area contributed by atoms with Crippen molar-refractivity contribution in [3.63, 3.8) is 0 Å². The van der Waals surface area contributed by atoms with E-state index in [0.29, 0.717) is 5.57 Å². The van der Waals surface area contributed by atoms with Crippen molar-refractivity contribution in [3.8, 4) is 6.07 Å². The van der Waals surface area contributed by atoms with Gasteiger partial charge in [0.1, 0.15) is 0 Å². The highest BCUT2D eigenvalue weighted by atomic mass is 16.3. The van der Waals surface area contributed by atoms with Crippen molar-refractivity contribution in [1.29, 1.82) is 5.26 Å². The molecule has 39 heavy (non-hydrogen) atoms. The number of aliphatic hydroxyl groups is 1. The number of hydrogen-bond donors (Lipinski definition) is 1. The highest BCUT2D eigenvalue weighted by Crippen LogP contribution is 2.74. The summed E-state index contributed by atoms with van der Waals surface area (Å²) in [5.41, 5.74) is 0.246. The maximum absolute atomic E-state index is 14.6. The van der Waals surface area contributed by atoms with Gasteiger partial charge in [-0.15, -0.1) is 10.2 Å². The topological polar surface area (TPSA) is 105 Å². The van der Waals surface area contributed by atoms with E-state index >= 15 is 0 Å². The molecule has 0 aliphatic heterocycles. The molecule has 3 saturated carbocycles. The third-order valence-corrected chi connectivity index (χ3v) is 13.0. The number of tetrazole rings is 1. The van der Waals surface area contributed by atoms with Crippen LogP contribution in [-0.2, 0) is 17.3 Å².